The van der Waals surface area contributed by atoms with E-state index in [1.807, 2.05) is 18.2 Å². The van der Waals surface area contributed by atoms with E-state index in [1.54, 1.807) is 18.2 Å². The summed E-state index contributed by atoms with van der Waals surface area (Å²) in [6.45, 7) is -0.160. The van der Waals surface area contributed by atoms with Crippen LogP contribution in [0.1, 0.15) is 29.0 Å². The third-order valence-electron chi connectivity index (χ3n) is 8.89. The van der Waals surface area contributed by atoms with Crippen molar-refractivity contribution in [1.29, 1.82) is 0 Å². The average Bonchev–Trinajstić information content (AvgIpc) is 3.54. The SMILES string of the molecule is COc1ccc(S(=O)(=O)N(CCO)CCO[C@@H]2C[C@H](c3ccc4c(c3)Cc3ccccc3-4)C=C(C(=O)NCCNc3ccc([N+](=O)[O-])cn3)O2)cc1. The lowest BCUT2D eigenvalue weighted by Crippen LogP contribution is -2.38. The molecule has 2 aliphatic rings. The van der Waals surface area contributed by atoms with Gasteiger partial charge in [-0.15, -0.1) is 0 Å². The number of pyridine rings is 1. The first kappa shape index (κ1) is 36.4. The van der Waals surface area contributed by atoms with Gasteiger partial charge in [0.15, 0.2) is 5.76 Å². The van der Waals surface area contributed by atoms with Gasteiger partial charge in [-0.3, -0.25) is 14.9 Å². The molecule has 2 heterocycles. The lowest BCUT2D eigenvalue weighted by Gasteiger charge is -2.30. The summed E-state index contributed by atoms with van der Waals surface area (Å²) in [7, 11) is -2.47. The smallest absolute Gasteiger partial charge is 0.287 e. The summed E-state index contributed by atoms with van der Waals surface area (Å²) in [6.07, 6.45) is 3.23. The maximum atomic E-state index is 13.4. The number of nitrogens with zero attached hydrogens (tertiary/aromatic N) is 3. The highest BCUT2D eigenvalue weighted by Gasteiger charge is 2.31. The molecule has 14 nitrogen and oxygen atoms in total. The highest BCUT2D eigenvalue weighted by atomic mass is 32.2. The fourth-order valence-corrected chi connectivity index (χ4v) is 7.66. The van der Waals surface area contributed by atoms with Crippen LogP contribution in [0.5, 0.6) is 5.75 Å². The number of nitrogens with one attached hydrogen (secondary N) is 2. The molecule has 0 unspecified atom stereocenters. The van der Waals surface area contributed by atoms with Crippen LogP contribution in [-0.4, -0.2) is 86.4 Å². The molecule has 3 aromatic carbocycles. The number of hydrogen-bond donors (Lipinski definition) is 3. The minimum absolute atomic E-state index is 0.0511. The molecule has 0 fully saturated rings. The Morgan fingerprint density at radius 3 is 2.56 bits per heavy atom. The molecule has 2 atom stereocenters. The van der Waals surface area contributed by atoms with Gasteiger partial charge in [-0.2, -0.15) is 4.31 Å². The second-order valence-electron chi connectivity index (χ2n) is 12.2. The third kappa shape index (κ3) is 8.40. The van der Waals surface area contributed by atoms with Gasteiger partial charge in [0.1, 0.15) is 17.8 Å². The van der Waals surface area contributed by atoms with E-state index < -0.39 is 27.1 Å². The number of carbonyl (C=O) groups excluding carboxylic acids is 1. The van der Waals surface area contributed by atoms with Gasteiger partial charge < -0.3 is 30.0 Å². The number of carbonyl (C=O) groups is 1. The third-order valence-corrected chi connectivity index (χ3v) is 10.8. The Kier molecular flexibility index (Phi) is 11.4. The Balaban J connectivity index is 1.14. The molecule has 4 aromatic rings. The standard InChI is InChI=1S/C37H39N5O9S/c1-49-30-8-10-31(11-9-30)52(47,48)41(16-18-43)17-19-50-36-23-27(25-6-12-33-28(20-25)21-26-4-2-3-5-32(26)33)22-34(51-36)37(44)39-15-14-38-35-13-7-29(24-40-35)42(45)46/h2-13,20,22,24,27,36,43H,14-19,21,23H2,1H3,(H,38,40)(H,39,44)/t27-,36+/m1/s1. The highest BCUT2D eigenvalue weighted by Crippen LogP contribution is 2.40. The highest BCUT2D eigenvalue weighted by molar-refractivity contribution is 7.89. The first-order valence-corrected chi connectivity index (χ1v) is 18.2. The zero-order chi connectivity index (χ0) is 36.7. The summed E-state index contributed by atoms with van der Waals surface area (Å²) >= 11 is 0. The van der Waals surface area contributed by atoms with E-state index in [4.69, 9.17) is 14.2 Å². The molecular weight excluding hydrogens is 691 g/mol. The first-order valence-electron chi connectivity index (χ1n) is 16.7. The molecule has 0 radical (unpaired) electrons. The van der Waals surface area contributed by atoms with Gasteiger partial charge in [-0.05, 0) is 70.6 Å². The Bertz CT molecular complexity index is 2040. The number of aromatic nitrogens is 1. The number of benzene rings is 3. The number of aliphatic hydroxyl groups excluding tert-OH is 1. The lowest BCUT2D eigenvalue weighted by atomic mass is 9.90. The topological polar surface area (TPSA) is 182 Å². The summed E-state index contributed by atoms with van der Waals surface area (Å²) in [5.74, 6) is 0.293. The summed E-state index contributed by atoms with van der Waals surface area (Å²) in [5, 5.41) is 26.4. The maximum Gasteiger partial charge on any atom is 0.287 e. The number of hydrogen-bond acceptors (Lipinski definition) is 11. The fourth-order valence-electron chi connectivity index (χ4n) is 6.25. The number of methoxy groups -OCH3 is 1. The number of anilines is 1. The number of sulfonamides is 1. The molecule has 1 aromatic heterocycles. The predicted octanol–water partition coefficient (Wildman–Crippen LogP) is 4.21. The van der Waals surface area contributed by atoms with Gasteiger partial charge in [0.2, 0.25) is 16.3 Å². The monoisotopic (exact) mass is 729 g/mol. The van der Waals surface area contributed by atoms with Crippen LogP contribution >= 0.6 is 0 Å². The van der Waals surface area contributed by atoms with E-state index in [1.165, 1.54) is 53.6 Å². The maximum absolute atomic E-state index is 13.4. The molecule has 0 spiro atoms. The van der Waals surface area contributed by atoms with Crippen LogP contribution in [0.3, 0.4) is 0 Å². The summed E-state index contributed by atoms with van der Waals surface area (Å²) < 4.78 is 45.2. The van der Waals surface area contributed by atoms with Crippen molar-refractivity contribution >= 4 is 27.4 Å². The Labute approximate surface area is 301 Å². The molecule has 1 amide bonds. The van der Waals surface area contributed by atoms with Crippen molar-refractivity contribution in [3.8, 4) is 16.9 Å². The van der Waals surface area contributed by atoms with Gasteiger partial charge in [-0.25, -0.2) is 13.4 Å². The van der Waals surface area contributed by atoms with Crippen LogP contribution in [-0.2, 0) is 30.7 Å². The number of rotatable bonds is 16. The minimum atomic E-state index is -3.96. The zero-order valence-electron chi connectivity index (χ0n) is 28.4. The Morgan fingerprint density at radius 2 is 1.83 bits per heavy atom. The average molecular weight is 730 g/mol. The molecule has 52 heavy (non-hydrogen) atoms. The van der Waals surface area contributed by atoms with Crippen molar-refractivity contribution in [3.63, 3.8) is 0 Å². The van der Waals surface area contributed by atoms with E-state index in [2.05, 4.69) is 39.9 Å². The van der Waals surface area contributed by atoms with Gasteiger partial charge >= 0.3 is 0 Å². The van der Waals surface area contributed by atoms with Crippen molar-refractivity contribution < 1.29 is 37.5 Å². The van der Waals surface area contributed by atoms with Gasteiger partial charge in [0, 0.05) is 44.6 Å². The van der Waals surface area contributed by atoms with Crippen LogP contribution in [0.15, 0.2) is 102 Å². The molecule has 272 valence electrons. The van der Waals surface area contributed by atoms with Crippen LogP contribution in [0.4, 0.5) is 11.5 Å². The van der Waals surface area contributed by atoms with Crippen molar-refractivity contribution in [2.24, 2.45) is 0 Å². The van der Waals surface area contributed by atoms with E-state index in [9.17, 15) is 28.4 Å². The largest absolute Gasteiger partial charge is 0.497 e. The number of amides is 1. The van der Waals surface area contributed by atoms with Crippen molar-refractivity contribution in [2.45, 2.75) is 29.9 Å². The fraction of sp³-hybridized carbons (Fsp3) is 0.297. The van der Waals surface area contributed by atoms with Crippen molar-refractivity contribution in [3.05, 3.63) is 124 Å². The number of nitro groups is 1. The Morgan fingerprint density at radius 1 is 1.04 bits per heavy atom. The zero-order valence-corrected chi connectivity index (χ0v) is 29.3. The molecule has 1 aliphatic carbocycles. The van der Waals surface area contributed by atoms with Gasteiger partial charge in [0.25, 0.3) is 11.6 Å². The normalized spacial score (nSPS) is 16.3. The van der Waals surface area contributed by atoms with Gasteiger partial charge in [0.05, 0.1) is 30.1 Å². The lowest BCUT2D eigenvalue weighted by molar-refractivity contribution is -0.385. The second-order valence-corrected chi connectivity index (χ2v) is 14.1. The number of aliphatic hydroxyl groups is 1. The molecule has 0 saturated heterocycles. The molecule has 15 heteroatoms. The van der Waals surface area contributed by atoms with E-state index in [-0.39, 0.29) is 55.1 Å². The van der Waals surface area contributed by atoms with Crippen LogP contribution in [0.2, 0.25) is 0 Å². The molecule has 0 bridgehead atoms. The number of ether oxygens (including phenoxy) is 3. The van der Waals surface area contributed by atoms with E-state index in [0.717, 1.165) is 22.5 Å². The first-order chi connectivity index (χ1) is 25.2. The summed E-state index contributed by atoms with van der Waals surface area (Å²) in [4.78, 5) is 27.8. The van der Waals surface area contributed by atoms with Crippen LogP contribution < -0.4 is 15.4 Å². The van der Waals surface area contributed by atoms with Gasteiger partial charge in [-0.1, -0.05) is 42.5 Å². The number of fused-ring (bicyclic) bond motifs is 3. The second kappa shape index (κ2) is 16.3. The van der Waals surface area contributed by atoms with E-state index >= 15 is 0 Å². The molecule has 1 aliphatic heterocycles. The molecule has 3 N–H and O–H groups in total. The quantitative estimate of drug-likeness (QED) is 0.0752. The van der Waals surface area contributed by atoms with Crippen LogP contribution in [0.25, 0.3) is 11.1 Å². The predicted molar refractivity (Wildman–Crippen MR) is 192 cm³/mol. The van der Waals surface area contributed by atoms with E-state index in [0.29, 0.717) is 24.5 Å². The minimum Gasteiger partial charge on any atom is -0.497 e. The molecule has 6 rings (SSSR count). The molecular formula is C37H39N5O9S. The number of allylic oxidation sites excluding steroid dienone is 1. The Hall–Kier alpha value is -5.35. The van der Waals surface area contributed by atoms with Crippen LogP contribution in [0, 0.1) is 10.1 Å². The molecule has 0 saturated carbocycles. The van der Waals surface area contributed by atoms with Crippen molar-refractivity contribution in [1.82, 2.24) is 14.6 Å². The van der Waals surface area contributed by atoms with Crippen molar-refractivity contribution in [2.75, 3.05) is 51.8 Å². The summed E-state index contributed by atoms with van der Waals surface area (Å²) in [5.41, 5.74) is 5.70. The summed E-state index contributed by atoms with van der Waals surface area (Å²) in [6, 6.07) is 23.4.